The van der Waals surface area contributed by atoms with Crippen molar-refractivity contribution in [3.8, 4) is 5.69 Å². The normalized spacial score (nSPS) is 19.9. The first-order valence-corrected chi connectivity index (χ1v) is 14.8. The van der Waals surface area contributed by atoms with Gasteiger partial charge in [-0.2, -0.15) is 5.10 Å². The minimum Gasteiger partial charge on any atom is -0.379 e. The van der Waals surface area contributed by atoms with Gasteiger partial charge >= 0.3 is 0 Å². The molecular weight excluding hydrogens is 547 g/mol. The monoisotopic (exact) mass is 574 g/mol. The molecule has 0 bridgehead atoms. The average molecular weight is 575 g/mol. The number of para-hydroxylation sites is 1. The van der Waals surface area contributed by atoms with E-state index in [1.165, 1.54) is 0 Å². The van der Waals surface area contributed by atoms with Gasteiger partial charge in [0.2, 0.25) is 0 Å². The number of amidine groups is 1. The van der Waals surface area contributed by atoms with Gasteiger partial charge in [0.1, 0.15) is 5.84 Å². The van der Waals surface area contributed by atoms with E-state index in [4.69, 9.17) is 19.6 Å². The van der Waals surface area contributed by atoms with Crippen molar-refractivity contribution in [2.75, 3.05) is 33.4 Å². The number of fused-ring (bicyclic) bond motifs is 1. The van der Waals surface area contributed by atoms with Gasteiger partial charge in [-0.3, -0.25) is 0 Å². The molecule has 0 radical (unpaired) electrons. The fraction of sp³-hybridized carbons (Fsp3) is 0.214. The third-order valence-corrected chi connectivity index (χ3v) is 11.3. The highest BCUT2D eigenvalue weighted by molar-refractivity contribution is 9.10. The van der Waals surface area contributed by atoms with Crippen LogP contribution in [0.25, 0.3) is 5.69 Å². The lowest BCUT2D eigenvalue weighted by Gasteiger charge is -2.46. The number of rotatable bonds is 4. The first-order chi connectivity index (χ1) is 18.1. The lowest BCUT2D eigenvalue weighted by Crippen LogP contribution is -2.45. The number of aromatic nitrogens is 2. The quantitative estimate of drug-likeness (QED) is 0.269. The number of morpholine rings is 1. The number of halogens is 1. The molecule has 2 aliphatic rings. The van der Waals surface area contributed by atoms with E-state index in [0.29, 0.717) is 13.2 Å². The molecule has 0 amide bonds. The van der Waals surface area contributed by atoms with E-state index in [9.17, 15) is 0 Å². The summed E-state index contributed by atoms with van der Waals surface area (Å²) in [5.74, 6) is 1.73. The molecule has 3 heterocycles. The number of nitrogens with zero attached hydrogens (tertiary/aromatic N) is 6. The highest BCUT2D eigenvalue weighted by Crippen LogP contribution is 2.62. The standard InChI is InChI=1S/C28H28BrN6OP/c1-21-26-28(35(31-21)23-13-7-4-8-14-23)30-27(22-11-5-3-6-12-22)33(2)37(26,34-17-19-36-20-18-34)32-25-16-10-9-15-24(25)29/h3-16H,17-20H2,1-2H3/t37-/m0/s1. The van der Waals surface area contributed by atoms with Crippen molar-refractivity contribution in [1.82, 2.24) is 19.1 Å². The predicted molar refractivity (Wildman–Crippen MR) is 154 cm³/mol. The van der Waals surface area contributed by atoms with Crippen LogP contribution in [-0.4, -0.2) is 58.3 Å². The van der Waals surface area contributed by atoms with E-state index in [2.05, 4.69) is 81.7 Å². The molecule has 1 saturated heterocycles. The number of hydrogen-bond acceptors (Lipinski definition) is 4. The Morgan fingerprint density at radius 1 is 0.892 bits per heavy atom. The number of benzene rings is 3. The summed E-state index contributed by atoms with van der Waals surface area (Å²) in [6, 6.07) is 28.8. The Bertz CT molecular complexity index is 1510. The molecule has 1 fully saturated rings. The molecule has 0 spiro atoms. The molecule has 9 heteroatoms. The first-order valence-electron chi connectivity index (χ1n) is 12.3. The van der Waals surface area contributed by atoms with Crippen LogP contribution in [0.15, 0.2) is 99.1 Å². The molecule has 6 rings (SSSR count). The highest BCUT2D eigenvalue weighted by atomic mass is 79.9. The van der Waals surface area contributed by atoms with Crippen molar-refractivity contribution >= 4 is 45.9 Å². The van der Waals surface area contributed by atoms with Crippen molar-refractivity contribution in [3.05, 3.63) is 101 Å². The molecule has 4 aromatic rings. The Kier molecular flexibility index (Phi) is 6.59. The lowest BCUT2D eigenvalue weighted by molar-refractivity contribution is 0.0732. The first kappa shape index (κ1) is 24.3. The van der Waals surface area contributed by atoms with Gasteiger partial charge in [0.25, 0.3) is 0 Å². The van der Waals surface area contributed by atoms with Gasteiger partial charge < -0.3 is 9.41 Å². The Balaban J connectivity index is 1.72. The van der Waals surface area contributed by atoms with Gasteiger partial charge in [0.15, 0.2) is 13.2 Å². The van der Waals surface area contributed by atoms with Crippen molar-refractivity contribution in [2.24, 2.45) is 9.74 Å². The molecular formula is C28H28BrN6OP. The van der Waals surface area contributed by atoms with E-state index in [1.807, 2.05) is 47.1 Å². The number of aryl methyl sites for hydroxylation is 1. The van der Waals surface area contributed by atoms with Crippen LogP contribution in [0.1, 0.15) is 11.3 Å². The molecule has 7 nitrogen and oxygen atoms in total. The van der Waals surface area contributed by atoms with Gasteiger partial charge in [-0.05, 0) is 47.1 Å². The Morgan fingerprint density at radius 3 is 2.24 bits per heavy atom. The summed E-state index contributed by atoms with van der Waals surface area (Å²) in [5.41, 5.74) is 3.89. The second-order valence-corrected chi connectivity index (χ2v) is 12.8. The maximum atomic E-state index is 5.80. The molecule has 188 valence electrons. The predicted octanol–water partition coefficient (Wildman–Crippen LogP) is 6.29. The van der Waals surface area contributed by atoms with Crippen LogP contribution in [0.4, 0.5) is 11.5 Å². The number of hydrogen-bond donors (Lipinski definition) is 0. The second kappa shape index (κ2) is 10.0. The number of aliphatic imine (C=N–C) groups is 1. The van der Waals surface area contributed by atoms with Gasteiger partial charge in [-0.15, -0.1) is 0 Å². The summed E-state index contributed by atoms with van der Waals surface area (Å²) in [6.45, 7) is 4.98. The topological polar surface area (TPSA) is 58.3 Å². The third kappa shape index (κ3) is 4.18. The lowest BCUT2D eigenvalue weighted by atomic mass is 10.2. The van der Waals surface area contributed by atoms with Crippen molar-refractivity contribution < 1.29 is 4.74 Å². The molecule has 0 unspecified atom stereocenters. The van der Waals surface area contributed by atoms with Crippen LogP contribution >= 0.6 is 23.3 Å². The molecule has 1 aromatic heterocycles. The minimum atomic E-state index is -2.59. The molecule has 3 aromatic carbocycles. The summed E-state index contributed by atoms with van der Waals surface area (Å²) >= 11 is 3.76. The van der Waals surface area contributed by atoms with Crippen LogP contribution in [0.3, 0.4) is 0 Å². The summed E-state index contributed by atoms with van der Waals surface area (Å²) in [4.78, 5) is 5.29. The van der Waals surface area contributed by atoms with Crippen molar-refractivity contribution in [3.63, 3.8) is 0 Å². The molecule has 0 saturated carbocycles. The van der Waals surface area contributed by atoms with Gasteiger partial charge in [0.05, 0.1) is 35.6 Å². The zero-order valence-electron chi connectivity index (χ0n) is 20.8. The Morgan fingerprint density at radius 2 is 1.54 bits per heavy atom. The fourth-order valence-corrected chi connectivity index (χ4v) is 9.37. The van der Waals surface area contributed by atoms with Crippen LogP contribution < -0.4 is 5.30 Å². The molecule has 0 N–H and O–H groups in total. The molecule has 1 atom stereocenters. The zero-order valence-corrected chi connectivity index (χ0v) is 23.3. The third-order valence-electron chi connectivity index (χ3n) is 6.76. The largest absolute Gasteiger partial charge is 0.379 e. The summed E-state index contributed by atoms with van der Waals surface area (Å²) < 4.78 is 19.2. The van der Waals surface area contributed by atoms with E-state index in [1.54, 1.807) is 0 Å². The van der Waals surface area contributed by atoms with Gasteiger partial charge in [-0.1, -0.05) is 60.7 Å². The summed E-state index contributed by atoms with van der Waals surface area (Å²) in [5, 5.41) is 6.15. The Hall–Kier alpha value is -3.03. The molecule has 37 heavy (non-hydrogen) atoms. The van der Waals surface area contributed by atoms with Crippen molar-refractivity contribution in [1.29, 1.82) is 0 Å². The van der Waals surface area contributed by atoms with Crippen LogP contribution in [0.2, 0.25) is 0 Å². The number of ether oxygens (including phenoxy) is 1. The van der Waals surface area contributed by atoms with Crippen LogP contribution in [-0.2, 0) is 4.74 Å². The van der Waals surface area contributed by atoms with E-state index in [-0.39, 0.29) is 0 Å². The van der Waals surface area contributed by atoms with E-state index >= 15 is 0 Å². The maximum absolute atomic E-state index is 5.80. The van der Waals surface area contributed by atoms with Crippen LogP contribution in [0, 0.1) is 6.92 Å². The van der Waals surface area contributed by atoms with Gasteiger partial charge in [0, 0.05) is 30.2 Å². The zero-order chi connectivity index (χ0) is 25.4. The van der Waals surface area contributed by atoms with E-state index in [0.717, 1.165) is 57.2 Å². The minimum absolute atomic E-state index is 0.667. The summed E-state index contributed by atoms with van der Waals surface area (Å²) in [7, 11) is -0.450. The second-order valence-electron chi connectivity index (χ2n) is 9.02. The molecule has 0 aliphatic carbocycles. The van der Waals surface area contributed by atoms with Gasteiger partial charge in [-0.25, -0.2) is 19.1 Å². The Labute approximate surface area is 225 Å². The van der Waals surface area contributed by atoms with E-state index < -0.39 is 7.36 Å². The summed E-state index contributed by atoms with van der Waals surface area (Å²) in [6.07, 6.45) is 0. The highest BCUT2D eigenvalue weighted by Gasteiger charge is 2.45. The molecule has 2 aliphatic heterocycles. The maximum Gasteiger partial charge on any atom is 0.170 e. The SMILES string of the molecule is Cc1nn(-c2ccccc2)c2c1[P@@](=Nc1ccccc1Br)(N1CCOCC1)N(C)C(c1ccccc1)=N2. The fourth-order valence-electron chi connectivity index (χ4n) is 5.03. The average Bonchev–Trinajstić information content (AvgIpc) is 3.29. The van der Waals surface area contributed by atoms with Crippen molar-refractivity contribution in [2.45, 2.75) is 6.92 Å². The smallest absolute Gasteiger partial charge is 0.170 e. The van der Waals surface area contributed by atoms with Crippen LogP contribution in [0.5, 0.6) is 0 Å².